The van der Waals surface area contributed by atoms with Crippen LogP contribution in [0.5, 0.6) is 0 Å². The normalized spacial score (nSPS) is 13.6. The number of hydrogen-bond acceptors (Lipinski definition) is 4. The van der Waals surface area contributed by atoms with Crippen LogP contribution in [0.25, 0.3) is 5.57 Å². The van der Waals surface area contributed by atoms with Crippen molar-refractivity contribution in [1.82, 2.24) is 0 Å². The lowest BCUT2D eigenvalue weighted by atomic mass is 9.90. The van der Waals surface area contributed by atoms with E-state index in [1.54, 1.807) is 25.4 Å². The number of Topliss-reactive ketones (excluding diaryl/α,β-unsaturated/α-hetero) is 1. The van der Waals surface area contributed by atoms with Crippen LogP contribution in [0, 0.1) is 5.82 Å². The molecule has 24 heavy (non-hydrogen) atoms. The van der Waals surface area contributed by atoms with E-state index >= 15 is 0 Å². The van der Waals surface area contributed by atoms with Gasteiger partial charge < -0.3 is 11.5 Å². The van der Waals surface area contributed by atoms with Crippen LogP contribution in [0.4, 0.5) is 4.39 Å². The first kappa shape index (κ1) is 17.6. The highest BCUT2D eigenvalue weighted by molar-refractivity contribution is 6.20. The van der Waals surface area contributed by atoms with E-state index in [1.807, 2.05) is 30.3 Å². The molecule has 0 spiro atoms. The first-order valence-corrected chi connectivity index (χ1v) is 7.55. The van der Waals surface area contributed by atoms with Gasteiger partial charge in [-0.3, -0.25) is 9.79 Å². The number of carbonyl (C=O) groups excluding carboxylic acids is 1. The van der Waals surface area contributed by atoms with Crippen LogP contribution >= 0.6 is 0 Å². The molecule has 5 heteroatoms. The van der Waals surface area contributed by atoms with Crippen molar-refractivity contribution in [3.8, 4) is 0 Å². The van der Waals surface area contributed by atoms with Gasteiger partial charge in [0, 0.05) is 25.4 Å². The van der Waals surface area contributed by atoms with E-state index in [0.29, 0.717) is 11.1 Å². The van der Waals surface area contributed by atoms with Crippen LogP contribution in [0.3, 0.4) is 0 Å². The Balaban J connectivity index is 2.44. The Morgan fingerprint density at radius 2 is 1.79 bits per heavy atom. The summed E-state index contributed by atoms with van der Waals surface area (Å²) in [6, 6.07) is 15.0. The number of rotatable bonds is 6. The molecule has 2 rings (SSSR count). The van der Waals surface area contributed by atoms with Gasteiger partial charge in [-0.1, -0.05) is 42.5 Å². The molecule has 4 nitrogen and oxygen atoms in total. The predicted octanol–water partition coefficient (Wildman–Crippen LogP) is 2.51. The van der Waals surface area contributed by atoms with Crippen molar-refractivity contribution in [2.45, 2.75) is 5.92 Å². The smallest absolute Gasteiger partial charge is 0.187 e. The Labute approximate surface area is 140 Å². The number of hydrogen-bond donors (Lipinski definition) is 2. The number of nitrogens with zero attached hydrogens (tertiary/aromatic N) is 1. The second-order valence-electron chi connectivity index (χ2n) is 5.28. The molecule has 124 valence electrons. The predicted molar refractivity (Wildman–Crippen MR) is 95.2 cm³/mol. The first-order valence-electron chi connectivity index (χ1n) is 7.55. The molecule has 0 heterocycles. The van der Waals surface area contributed by atoms with E-state index in [0.717, 1.165) is 5.56 Å². The fraction of sp³-hybridized carbons (Fsp3) is 0.158. The van der Waals surface area contributed by atoms with Crippen molar-refractivity contribution >= 4 is 17.6 Å². The Bertz CT molecular complexity index is 752. The number of carbonyl (C=O) groups is 1. The minimum Gasteiger partial charge on any atom is -0.395 e. The monoisotopic (exact) mass is 325 g/mol. The van der Waals surface area contributed by atoms with Crippen LogP contribution in [0.1, 0.15) is 17.0 Å². The molecule has 1 unspecified atom stereocenters. The van der Waals surface area contributed by atoms with Crippen LogP contribution in [0.2, 0.25) is 0 Å². The van der Waals surface area contributed by atoms with Gasteiger partial charge in [0.05, 0.1) is 11.6 Å². The van der Waals surface area contributed by atoms with Gasteiger partial charge in [0.25, 0.3) is 0 Å². The van der Waals surface area contributed by atoms with Crippen molar-refractivity contribution in [2.75, 3.05) is 13.6 Å². The maximum absolute atomic E-state index is 13.1. The molecule has 0 amide bonds. The van der Waals surface area contributed by atoms with Gasteiger partial charge in [0.2, 0.25) is 0 Å². The Kier molecular flexibility index (Phi) is 5.98. The minimum atomic E-state index is -0.630. The Hall–Kier alpha value is -2.79. The summed E-state index contributed by atoms with van der Waals surface area (Å²) >= 11 is 0. The van der Waals surface area contributed by atoms with Crippen molar-refractivity contribution in [2.24, 2.45) is 16.5 Å². The number of benzene rings is 2. The van der Waals surface area contributed by atoms with E-state index in [4.69, 9.17) is 11.5 Å². The summed E-state index contributed by atoms with van der Waals surface area (Å²) in [7, 11) is 1.61. The van der Waals surface area contributed by atoms with Crippen LogP contribution in [-0.4, -0.2) is 25.6 Å². The van der Waals surface area contributed by atoms with E-state index in [-0.39, 0.29) is 23.8 Å². The zero-order chi connectivity index (χ0) is 17.5. The quantitative estimate of drug-likeness (QED) is 0.632. The van der Waals surface area contributed by atoms with E-state index < -0.39 is 5.92 Å². The van der Waals surface area contributed by atoms with Crippen molar-refractivity contribution in [1.29, 1.82) is 0 Å². The Morgan fingerprint density at radius 1 is 1.17 bits per heavy atom. The fourth-order valence-corrected chi connectivity index (χ4v) is 2.46. The molecule has 2 aromatic rings. The molecule has 0 saturated carbocycles. The second-order valence-corrected chi connectivity index (χ2v) is 5.28. The number of aliphatic imine (C=N–C) groups is 1. The topological polar surface area (TPSA) is 81.5 Å². The van der Waals surface area contributed by atoms with Crippen LogP contribution in [-0.2, 0) is 4.79 Å². The van der Waals surface area contributed by atoms with Crippen molar-refractivity contribution in [3.63, 3.8) is 0 Å². The van der Waals surface area contributed by atoms with Gasteiger partial charge in [0.1, 0.15) is 5.82 Å². The number of nitrogens with two attached hydrogens (primary N) is 2. The summed E-state index contributed by atoms with van der Waals surface area (Å²) in [6.07, 6.45) is 1.56. The molecule has 1 atom stereocenters. The summed E-state index contributed by atoms with van der Waals surface area (Å²) in [6.45, 7) is 0.0799. The molecule has 0 bridgehead atoms. The molecule has 0 saturated heterocycles. The van der Waals surface area contributed by atoms with E-state index in [2.05, 4.69) is 4.99 Å². The van der Waals surface area contributed by atoms with Crippen LogP contribution < -0.4 is 11.5 Å². The number of ketones is 1. The summed E-state index contributed by atoms with van der Waals surface area (Å²) < 4.78 is 13.1. The van der Waals surface area contributed by atoms with E-state index in [1.165, 1.54) is 12.1 Å². The van der Waals surface area contributed by atoms with Gasteiger partial charge >= 0.3 is 0 Å². The highest BCUT2D eigenvalue weighted by Gasteiger charge is 2.23. The maximum atomic E-state index is 13.1. The average molecular weight is 325 g/mol. The largest absolute Gasteiger partial charge is 0.395 e. The summed E-state index contributed by atoms with van der Waals surface area (Å²) in [5.41, 5.74) is 14.0. The minimum absolute atomic E-state index is 0.0799. The standard InChI is InChI=1S/C19H20FN3O/c1-23-12-17(13-5-3-2-4-6-13)18(22)19(24)16(11-21)14-7-9-15(20)10-8-14/h2-10,12,16H,11,21-22H2,1H3. The Morgan fingerprint density at radius 3 is 2.33 bits per heavy atom. The second kappa shape index (κ2) is 8.17. The first-order chi connectivity index (χ1) is 11.6. The van der Waals surface area contributed by atoms with Gasteiger partial charge in [-0.2, -0.15) is 0 Å². The molecule has 0 fully saturated rings. The maximum Gasteiger partial charge on any atom is 0.187 e. The lowest BCUT2D eigenvalue weighted by molar-refractivity contribution is -0.116. The molecule has 0 aliphatic heterocycles. The third-order valence-electron chi connectivity index (χ3n) is 3.72. The summed E-state index contributed by atoms with van der Waals surface area (Å²) in [5, 5.41) is 0. The highest BCUT2D eigenvalue weighted by atomic mass is 19.1. The third kappa shape index (κ3) is 3.94. The van der Waals surface area contributed by atoms with Gasteiger partial charge in [-0.05, 0) is 23.3 Å². The zero-order valence-corrected chi connectivity index (χ0v) is 13.4. The fourth-order valence-electron chi connectivity index (χ4n) is 2.46. The average Bonchev–Trinajstić information content (AvgIpc) is 2.62. The van der Waals surface area contributed by atoms with E-state index in [9.17, 15) is 9.18 Å². The van der Waals surface area contributed by atoms with Crippen LogP contribution in [0.15, 0.2) is 65.3 Å². The molecular formula is C19H20FN3O. The molecule has 0 radical (unpaired) electrons. The lowest BCUT2D eigenvalue weighted by Crippen LogP contribution is -2.27. The molecule has 0 aromatic heterocycles. The molecular weight excluding hydrogens is 305 g/mol. The molecule has 4 N–H and O–H groups in total. The summed E-state index contributed by atoms with van der Waals surface area (Å²) in [5.74, 6) is -1.30. The number of allylic oxidation sites excluding steroid dienone is 2. The zero-order valence-electron chi connectivity index (χ0n) is 13.4. The summed E-state index contributed by atoms with van der Waals surface area (Å²) in [4.78, 5) is 16.8. The third-order valence-corrected chi connectivity index (χ3v) is 3.72. The lowest BCUT2D eigenvalue weighted by Gasteiger charge is -2.16. The molecule has 0 aliphatic rings. The highest BCUT2D eigenvalue weighted by Crippen LogP contribution is 2.22. The van der Waals surface area contributed by atoms with Crippen molar-refractivity contribution < 1.29 is 9.18 Å². The van der Waals surface area contributed by atoms with Gasteiger partial charge in [-0.15, -0.1) is 0 Å². The van der Waals surface area contributed by atoms with Gasteiger partial charge in [0.15, 0.2) is 5.78 Å². The SMILES string of the molecule is CN=CC(=C(N)C(=O)C(CN)c1ccc(F)cc1)c1ccccc1. The van der Waals surface area contributed by atoms with Gasteiger partial charge in [-0.25, -0.2) is 4.39 Å². The molecule has 2 aromatic carbocycles. The molecule has 0 aliphatic carbocycles. The number of halogens is 1. The van der Waals surface area contributed by atoms with Crippen molar-refractivity contribution in [3.05, 3.63) is 77.2 Å².